The molecule has 6 nitrogen and oxygen atoms in total. The molecule has 0 aliphatic carbocycles. The molecule has 3 N–H and O–H groups in total. The van der Waals surface area contributed by atoms with Crippen LogP contribution >= 0.6 is 0 Å². The zero-order valence-corrected chi connectivity index (χ0v) is 12.2. The van der Waals surface area contributed by atoms with Gasteiger partial charge in [-0.3, -0.25) is 9.59 Å². The number of aliphatic carboxylic acids is 1. The molecule has 0 saturated carbocycles. The molecular weight excluding hydrogens is 260 g/mol. The first-order valence-electron chi connectivity index (χ1n) is 7.38. The first kappa shape index (κ1) is 16.9. The highest BCUT2D eigenvalue weighted by Crippen LogP contribution is 2.10. The van der Waals surface area contributed by atoms with Crippen LogP contribution in [-0.2, 0) is 14.3 Å². The van der Waals surface area contributed by atoms with Gasteiger partial charge in [0.05, 0.1) is 12.6 Å². The number of carboxylic acids is 1. The highest BCUT2D eigenvalue weighted by Gasteiger charge is 2.15. The first-order valence-corrected chi connectivity index (χ1v) is 7.38. The van der Waals surface area contributed by atoms with E-state index in [0.717, 1.165) is 32.4 Å². The lowest BCUT2D eigenvalue weighted by atomic mass is 10.0. The van der Waals surface area contributed by atoms with Crippen molar-refractivity contribution < 1.29 is 19.4 Å². The van der Waals surface area contributed by atoms with Gasteiger partial charge in [-0.25, -0.2) is 0 Å². The van der Waals surface area contributed by atoms with Crippen LogP contribution in [0.4, 0.5) is 0 Å². The topological polar surface area (TPSA) is 87.7 Å². The largest absolute Gasteiger partial charge is 0.481 e. The minimum Gasteiger partial charge on any atom is -0.481 e. The lowest BCUT2D eigenvalue weighted by molar-refractivity contribution is -0.137. The van der Waals surface area contributed by atoms with Crippen molar-refractivity contribution in [1.29, 1.82) is 0 Å². The SMILES string of the molecule is CC(CCNCC(=O)NCC1CCCO1)CCC(=O)O. The summed E-state index contributed by atoms with van der Waals surface area (Å²) >= 11 is 0. The smallest absolute Gasteiger partial charge is 0.303 e. The molecule has 2 unspecified atom stereocenters. The van der Waals surface area contributed by atoms with Gasteiger partial charge >= 0.3 is 5.97 Å². The van der Waals surface area contributed by atoms with Crippen molar-refractivity contribution in [1.82, 2.24) is 10.6 Å². The number of carbonyl (C=O) groups is 2. The van der Waals surface area contributed by atoms with E-state index in [4.69, 9.17) is 9.84 Å². The molecule has 1 aliphatic heterocycles. The number of rotatable bonds is 10. The van der Waals surface area contributed by atoms with Crippen molar-refractivity contribution >= 4 is 11.9 Å². The van der Waals surface area contributed by atoms with E-state index in [-0.39, 0.29) is 18.4 Å². The Balaban J connectivity index is 1.94. The third-order valence-corrected chi connectivity index (χ3v) is 3.50. The Bertz CT molecular complexity index is 304. The first-order chi connectivity index (χ1) is 9.58. The number of carboxylic acid groups (broad SMARTS) is 1. The summed E-state index contributed by atoms with van der Waals surface area (Å²) in [4.78, 5) is 22.0. The minimum absolute atomic E-state index is 0.0151. The summed E-state index contributed by atoms with van der Waals surface area (Å²) < 4.78 is 5.42. The zero-order chi connectivity index (χ0) is 14.8. The van der Waals surface area contributed by atoms with Crippen molar-refractivity contribution in [3.63, 3.8) is 0 Å². The van der Waals surface area contributed by atoms with Crippen molar-refractivity contribution in [3.8, 4) is 0 Å². The lowest BCUT2D eigenvalue weighted by Crippen LogP contribution is -2.38. The summed E-state index contributed by atoms with van der Waals surface area (Å²) in [6.45, 7) is 4.46. The Labute approximate surface area is 120 Å². The Kier molecular flexibility index (Phi) is 8.22. The molecule has 1 amide bonds. The molecule has 0 bridgehead atoms. The highest BCUT2D eigenvalue weighted by molar-refractivity contribution is 5.77. The molecule has 1 aliphatic rings. The fourth-order valence-corrected chi connectivity index (χ4v) is 2.16. The van der Waals surface area contributed by atoms with E-state index in [1.54, 1.807) is 0 Å². The average Bonchev–Trinajstić information content (AvgIpc) is 2.92. The maximum absolute atomic E-state index is 11.6. The van der Waals surface area contributed by atoms with Gasteiger partial charge in [-0.15, -0.1) is 0 Å². The summed E-state index contributed by atoms with van der Waals surface area (Å²) in [7, 11) is 0. The summed E-state index contributed by atoms with van der Waals surface area (Å²) in [5.74, 6) is -0.412. The maximum atomic E-state index is 11.6. The van der Waals surface area contributed by atoms with E-state index in [1.807, 2.05) is 6.92 Å². The van der Waals surface area contributed by atoms with Crippen LogP contribution in [0.5, 0.6) is 0 Å². The predicted octanol–water partition coefficient (Wildman–Crippen LogP) is 0.762. The van der Waals surface area contributed by atoms with E-state index in [9.17, 15) is 9.59 Å². The molecule has 0 aromatic carbocycles. The summed E-state index contributed by atoms with van der Waals surface area (Å²) in [5.41, 5.74) is 0. The molecule has 1 heterocycles. The quantitative estimate of drug-likeness (QED) is 0.516. The molecular formula is C14H26N2O4. The average molecular weight is 286 g/mol. The van der Waals surface area contributed by atoms with E-state index in [0.29, 0.717) is 25.4 Å². The third kappa shape index (κ3) is 8.12. The Morgan fingerprint density at radius 3 is 2.85 bits per heavy atom. The van der Waals surface area contributed by atoms with Crippen LogP contribution in [0.1, 0.15) is 39.0 Å². The second-order valence-corrected chi connectivity index (χ2v) is 5.44. The fraction of sp³-hybridized carbons (Fsp3) is 0.857. The normalized spacial score (nSPS) is 19.8. The van der Waals surface area contributed by atoms with Gasteiger partial charge < -0.3 is 20.5 Å². The number of nitrogens with one attached hydrogen (secondary N) is 2. The van der Waals surface area contributed by atoms with E-state index < -0.39 is 5.97 Å². The summed E-state index contributed by atoms with van der Waals surface area (Å²) in [6, 6.07) is 0. The molecule has 116 valence electrons. The highest BCUT2D eigenvalue weighted by atomic mass is 16.5. The van der Waals surface area contributed by atoms with Crippen molar-refractivity contribution in [3.05, 3.63) is 0 Å². The van der Waals surface area contributed by atoms with Gasteiger partial charge in [0, 0.05) is 19.6 Å². The molecule has 6 heteroatoms. The molecule has 1 rings (SSSR count). The molecule has 0 aromatic heterocycles. The maximum Gasteiger partial charge on any atom is 0.303 e. The van der Waals surface area contributed by atoms with Crippen LogP contribution in [0.3, 0.4) is 0 Å². The Morgan fingerprint density at radius 2 is 2.20 bits per heavy atom. The second-order valence-electron chi connectivity index (χ2n) is 5.44. The van der Waals surface area contributed by atoms with Gasteiger partial charge in [-0.05, 0) is 38.1 Å². The van der Waals surface area contributed by atoms with Gasteiger partial charge in [0.2, 0.25) is 5.91 Å². The van der Waals surface area contributed by atoms with Crippen LogP contribution < -0.4 is 10.6 Å². The summed E-state index contributed by atoms with van der Waals surface area (Å²) in [5, 5.41) is 14.5. The number of carbonyl (C=O) groups excluding carboxylic acids is 1. The van der Waals surface area contributed by atoms with Gasteiger partial charge in [-0.1, -0.05) is 6.92 Å². The predicted molar refractivity (Wildman–Crippen MR) is 75.5 cm³/mol. The van der Waals surface area contributed by atoms with E-state index in [1.165, 1.54) is 0 Å². The number of hydrogen-bond donors (Lipinski definition) is 3. The molecule has 0 radical (unpaired) electrons. The minimum atomic E-state index is -0.752. The monoisotopic (exact) mass is 286 g/mol. The standard InChI is InChI=1S/C14H26N2O4/c1-11(4-5-14(18)19)6-7-15-10-13(17)16-9-12-3-2-8-20-12/h11-12,15H,2-10H2,1H3,(H,16,17)(H,18,19). The Hall–Kier alpha value is -1.14. The van der Waals surface area contributed by atoms with Gasteiger partial charge in [0.25, 0.3) is 0 Å². The molecule has 1 fully saturated rings. The summed E-state index contributed by atoms with van der Waals surface area (Å²) in [6.07, 6.45) is 4.05. The fourth-order valence-electron chi connectivity index (χ4n) is 2.16. The van der Waals surface area contributed by atoms with Crippen molar-refractivity contribution in [2.45, 2.75) is 45.1 Å². The van der Waals surface area contributed by atoms with Gasteiger partial charge in [-0.2, -0.15) is 0 Å². The van der Waals surface area contributed by atoms with Crippen LogP contribution in [0.15, 0.2) is 0 Å². The molecule has 2 atom stereocenters. The number of hydrogen-bond acceptors (Lipinski definition) is 4. The van der Waals surface area contributed by atoms with E-state index >= 15 is 0 Å². The molecule has 0 spiro atoms. The molecule has 20 heavy (non-hydrogen) atoms. The molecule has 0 aromatic rings. The van der Waals surface area contributed by atoms with Crippen LogP contribution in [-0.4, -0.2) is 49.3 Å². The van der Waals surface area contributed by atoms with Crippen molar-refractivity contribution in [2.24, 2.45) is 5.92 Å². The number of amides is 1. The van der Waals surface area contributed by atoms with Gasteiger partial charge in [0.15, 0.2) is 0 Å². The third-order valence-electron chi connectivity index (χ3n) is 3.50. The number of ether oxygens (including phenoxy) is 1. The van der Waals surface area contributed by atoms with Crippen molar-refractivity contribution in [2.75, 3.05) is 26.2 Å². The molecule has 1 saturated heterocycles. The zero-order valence-electron chi connectivity index (χ0n) is 12.2. The van der Waals surface area contributed by atoms with Crippen LogP contribution in [0.25, 0.3) is 0 Å². The van der Waals surface area contributed by atoms with Gasteiger partial charge in [0.1, 0.15) is 0 Å². The van der Waals surface area contributed by atoms with E-state index in [2.05, 4.69) is 10.6 Å². The Morgan fingerprint density at radius 1 is 1.40 bits per heavy atom. The lowest BCUT2D eigenvalue weighted by Gasteiger charge is -2.12. The van der Waals surface area contributed by atoms with Crippen LogP contribution in [0, 0.1) is 5.92 Å². The second kappa shape index (κ2) is 9.72. The van der Waals surface area contributed by atoms with Crippen LogP contribution in [0.2, 0.25) is 0 Å².